The lowest BCUT2D eigenvalue weighted by Crippen LogP contribution is -2.43. The van der Waals surface area contributed by atoms with Crippen LogP contribution in [0.4, 0.5) is 0 Å². The van der Waals surface area contributed by atoms with Crippen LogP contribution in [0.1, 0.15) is 12.0 Å². The summed E-state index contributed by atoms with van der Waals surface area (Å²) in [6, 6.07) is 7.89. The van der Waals surface area contributed by atoms with Crippen LogP contribution >= 0.6 is 11.3 Å². The first-order valence-electron chi connectivity index (χ1n) is 7.63. The summed E-state index contributed by atoms with van der Waals surface area (Å²) in [5.41, 5.74) is 0.537. The molecule has 1 aromatic carbocycles. The normalized spacial score (nSPS) is 14.9. The van der Waals surface area contributed by atoms with Crippen LogP contribution in [-0.4, -0.2) is 46.0 Å². The smallest absolute Gasteiger partial charge is 0.322 e. The highest BCUT2D eigenvalue weighted by molar-refractivity contribution is 7.17. The number of carboxylic acid groups (broad SMARTS) is 1. The van der Waals surface area contributed by atoms with Crippen LogP contribution in [0.15, 0.2) is 41.0 Å². The fourth-order valence-electron chi connectivity index (χ4n) is 2.71. The van der Waals surface area contributed by atoms with E-state index < -0.39 is 24.3 Å². The summed E-state index contributed by atoms with van der Waals surface area (Å²) in [7, 11) is 0. The van der Waals surface area contributed by atoms with Crippen molar-refractivity contribution in [2.24, 2.45) is 0 Å². The molecule has 2 aromatic rings. The predicted molar refractivity (Wildman–Crippen MR) is 92.2 cm³/mol. The van der Waals surface area contributed by atoms with E-state index in [1.54, 1.807) is 11.3 Å². The number of carbonyl (C=O) groups is 3. The van der Waals surface area contributed by atoms with Crippen LogP contribution in [0, 0.1) is 0 Å². The number of nitrogens with one attached hydrogen (secondary N) is 1. The van der Waals surface area contributed by atoms with E-state index in [1.807, 2.05) is 29.6 Å². The lowest BCUT2D eigenvalue weighted by atomic mass is 10.0. The molecule has 1 aliphatic heterocycles. The molecule has 0 saturated carbocycles. The highest BCUT2D eigenvalue weighted by Crippen LogP contribution is 2.24. The molecule has 2 amide bonds. The zero-order valence-corrected chi connectivity index (χ0v) is 14.0. The molecule has 7 nitrogen and oxygen atoms in total. The third-order valence-electron chi connectivity index (χ3n) is 3.93. The van der Waals surface area contributed by atoms with Crippen LogP contribution < -0.4 is 5.32 Å². The molecule has 2 heterocycles. The van der Waals surface area contributed by atoms with Gasteiger partial charge in [-0.2, -0.15) is 0 Å². The van der Waals surface area contributed by atoms with Gasteiger partial charge in [-0.3, -0.25) is 14.4 Å². The average molecular weight is 360 g/mol. The minimum atomic E-state index is -1.22. The first kappa shape index (κ1) is 17.0. The molecule has 0 radical (unpaired) electrons. The Morgan fingerprint density at radius 2 is 2.08 bits per heavy atom. The number of nitrogens with zero attached hydrogens (tertiary/aromatic N) is 1. The van der Waals surface area contributed by atoms with Crippen LogP contribution in [-0.2, 0) is 20.9 Å². The number of thiophene rings is 1. The summed E-state index contributed by atoms with van der Waals surface area (Å²) >= 11 is 1.63. The number of hydrogen-bond acceptors (Lipinski definition) is 5. The molecule has 0 aliphatic carbocycles. The van der Waals surface area contributed by atoms with Crippen molar-refractivity contribution in [2.75, 3.05) is 13.1 Å². The molecular formula is C17H16N2O5S. The lowest BCUT2D eigenvalue weighted by molar-refractivity contribution is -0.138. The Kier molecular flexibility index (Phi) is 4.71. The molecule has 3 rings (SSSR count). The number of rotatable bonds is 5. The third kappa shape index (κ3) is 3.63. The van der Waals surface area contributed by atoms with Crippen LogP contribution in [0.2, 0.25) is 0 Å². The topological polar surface area (TPSA) is 107 Å². The quantitative estimate of drug-likeness (QED) is 0.703. The summed E-state index contributed by atoms with van der Waals surface area (Å²) in [5, 5.41) is 23.7. The maximum absolute atomic E-state index is 12.5. The molecule has 25 heavy (non-hydrogen) atoms. The summed E-state index contributed by atoms with van der Waals surface area (Å²) in [5.74, 6) is -3.00. The van der Waals surface area contributed by atoms with Crippen LogP contribution in [0.25, 0.3) is 10.1 Å². The monoisotopic (exact) mass is 360 g/mol. The molecule has 0 spiro atoms. The van der Waals surface area contributed by atoms with E-state index >= 15 is 0 Å². The number of hydrogen-bond donors (Lipinski definition) is 3. The highest BCUT2D eigenvalue weighted by Gasteiger charge is 2.32. The van der Waals surface area contributed by atoms with E-state index in [9.17, 15) is 19.5 Å². The van der Waals surface area contributed by atoms with E-state index in [4.69, 9.17) is 5.11 Å². The van der Waals surface area contributed by atoms with E-state index in [-0.39, 0.29) is 17.8 Å². The standard InChI is InChI=1S/C17H16N2O5S/c20-12-3-5-19(17(24)15(12)16(23)18-8-14(21)22)9-10-1-2-13-11(7-10)4-6-25-13/h1-2,4,6-7,20H,3,5,8-9H2,(H,18,23)(H,21,22). The zero-order chi connectivity index (χ0) is 18.0. The van der Waals surface area contributed by atoms with Gasteiger partial charge in [0.05, 0.1) is 0 Å². The van der Waals surface area contributed by atoms with Gasteiger partial charge in [0.25, 0.3) is 11.8 Å². The van der Waals surface area contributed by atoms with Gasteiger partial charge in [0.15, 0.2) is 0 Å². The molecular weight excluding hydrogens is 344 g/mol. The zero-order valence-electron chi connectivity index (χ0n) is 13.2. The van der Waals surface area contributed by atoms with Gasteiger partial charge in [-0.05, 0) is 34.5 Å². The Labute approximate surface area is 147 Å². The van der Waals surface area contributed by atoms with Crippen molar-refractivity contribution in [3.05, 3.63) is 46.5 Å². The molecule has 130 valence electrons. The van der Waals surface area contributed by atoms with Crippen molar-refractivity contribution in [1.82, 2.24) is 10.2 Å². The van der Waals surface area contributed by atoms with E-state index in [0.717, 1.165) is 15.6 Å². The number of amides is 2. The second-order valence-electron chi connectivity index (χ2n) is 5.67. The van der Waals surface area contributed by atoms with Gasteiger partial charge >= 0.3 is 5.97 Å². The van der Waals surface area contributed by atoms with Crippen molar-refractivity contribution >= 4 is 39.2 Å². The molecule has 0 fully saturated rings. The minimum Gasteiger partial charge on any atom is -0.511 e. The minimum absolute atomic E-state index is 0.155. The summed E-state index contributed by atoms with van der Waals surface area (Å²) < 4.78 is 1.15. The Bertz CT molecular complexity index is 886. The number of benzene rings is 1. The number of fused-ring (bicyclic) bond motifs is 1. The van der Waals surface area contributed by atoms with Gasteiger partial charge in [0.1, 0.15) is 17.9 Å². The molecule has 0 unspecified atom stereocenters. The first-order valence-corrected chi connectivity index (χ1v) is 8.51. The lowest BCUT2D eigenvalue weighted by Gasteiger charge is -2.28. The molecule has 3 N–H and O–H groups in total. The molecule has 1 aliphatic rings. The Morgan fingerprint density at radius 3 is 2.84 bits per heavy atom. The van der Waals surface area contributed by atoms with Crippen LogP contribution in [0.5, 0.6) is 0 Å². The molecule has 8 heteroatoms. The van der Waals surface area contributed by atoms with Gasteiger partial charge in [0, 0.05) is 24.2 Å². The number of carbonyl (C=O) groups excluding carboxylic acids is 2. The summed E-state index contributed by atoms with van der Waals surface area (Å²) in [4.78, 5) is 36.6. The fourth-order valence-corrected chi connectivity index (χ4v) is 3.48. The van der Waals surface area contributed by atoms with Gasteiger partial charge in [-0.1, -0.05) is 6.07 Å². The number of aliphatic hydroxyl groups is 1. The van der Waals surface area contributed by atoms with Crippen molar-refractivity contribution in [3.8, 4) is 0 Å². The van der Waals surface area contributed by atoms with Crippen molar-refractivity contribution in [3.63, 3.8) is 0 Å². The average Bonchev–Trinajstić information content (AvgIpc) is 3.03. The summed E-state index contributed by atoms with van der Waals surface area (Å²) in [6.07, 6.45) is 0.155. The SMILES string of the molecule is O=C(O)CNC(=O)C1=C(O)CCN(Cc2ccc3sccc3c2)C1=O. The molecule has 0 bridgehead atoms. The van der Waals surface area contributed by atoms with Gasteiger partial charge in [-0.25, -0.2) is 0 Å². The van der Waals surface area contributed by atoms with Crippen molar-refractivity contribution in [2.45, 2.75) is 13.0 Å². The molecule has 0 saturated heterocycles. The van der Waals surface area contributed by atoms with Crippen molar-refractivity contribution < 1.29 is 24.6 Å². The second kappa shape index (κ2) is 6.94. The van der Waals surface area contributed by atoms with E-state index in [0.29, 0.717) is 13.1 Å². The molecule has 0 atom stereocenters. The molecule has 1 aromatic heterocycles. The van der Waals surface area contributed by atoms with E-state index in [2.05, 4.69) is 5.32 Å². The predicted octanol–water partition coefficient (Wildman–Crippen LogP) is 1.65. The Morgan fingerprint density at radius 1 is 1.28 bits per heavy atom. The Hall–Kier alpha value is -2.87. The highest BCUT2D eigenvalue weighted by atomic mass is 32.1. The van der Waals surface area contributed by atoms with Gasteiger partial charge < -0.3 is 20.4 Å². The van der Waals surface area contributed by atoms with E-state index in [1.165, 1.54) is 4.90 Å². The fraction of sp³-hybridized carbons (Fsp3) is 0.235. The third-order valence-corrected chi connectivity index (χ3v) is 4.82. The Balaban J connectivity index is 1.76. The maximum atomic E-state index is 12.5. The second-order valence-corrected chi connectivity index (χ2v) is 6.62. The first-order chi connectivity index (χ1) is 12.0. The van der Waals surface area contributed by atoms with Gasteiger partial charge in [-0.15, -0.1) is 11.3 Å². The number of aliphatic carboxylic acids is 1. The number of carboxylic acids is 1. The van der Waals surface area contributed by atoms with Gasteiger partial charge in [0.2, 0.25) is 0 Å². The van der Waals surface area contributed by atoms with Crippen LogP contribution in [0.3, 0.4) is 0 Å². The maximum Gasteiger partial charge on any atom is 0.322 e. The number of aliphatic hydroxyl groups excluding tert-OH is 1. The van der Waals surface area contributed by atoms with Crippen molar-refractivity contribution in [1.29, 1.82) is 0 Å². The summed E-state index contributed by atoms with van der Waals surface area (Å²) in [6.45, 7) is -0.00657. The largest absolute Gasteiger partial charge is 0.511 e.